The number of rotatable bonds is 4. The molecule has 1 N–H and O–H groups in total. The summed E-state index contributed by atoms with van der Waals surface area (Å²) in [4.78, 5) is 22.3. The van der Waals surface area contributed by atoms with Gasteiger partial charge in [0.15, 0.2) is 5.13 Å². The molecule has 1 aliphatic carbocycles. The topological polar surface area (TPSA) is 66.3 Å². The highest BCUT2D eigenvalue weighted by molar-refractivity contribution is 7.19. The molecule has 26 heavy (non-hydrogen) atoms. The van der Waals surface area contributed by atoms with E-state index in [1.165, 1.54) is 30.0 Å². The molecule has 0 atom stereocenters. The molecule has 3 heterocycles. The van der Waals surface area contributed by atoms with E-state index < -0.39 is 0 Å². The van der Waals surface area contributed by atoms with Gasteiger partial charge >= 0.3 is 0 Å². The zero-order chi connectivity index (χ0) is 18.3. The van der Waals surface area contributed by atoms with E-state index in [9.17, 15) is 4.79 Å². The van der Waals surface area contributed by atoms with Gasteiger partial charge in [-0.1, -0.05) is 17.8 Å². The number of piperazine rings is 1. The molecular formula is C18H26N6OS. The van der Waals surface area contributed by atoms with Crippen molar-refractivity contribution in [1.29, 1.82) is 0 Å². The summed E-state index contributed by atoms with van der Waals surface area (Å²) in [7, 11) is 4.01. The quantitative estimate of drug-likeness (QED) is 0.890. The monoisotopic (exact) mass is 374 g/mol. The highest BCUT2D eigenvalue weighted by atomic mass is 32.1. The molecule has 2 aromatic rings. The molecule has 0 spiro atoms. The summed E-state index contributed by atoms with van der Waals surface area (Å²) in [5.74, 6) is 0.418. The van der Waals surface area contributed by atoms with Crippen molar-refractivity contribution < 1.29 is 4.79 Å². The molecule has 0 bridgehead atoms. The van der Waals surface area contributed by atoms with Crippen LogP contribution in [-0.4, -0.2) is 58.8 Å². The van der Waals surface area contributed by atoms with E-state index in [0.29, 0.717) is 16.6 Å². The van der Waals surface area contributed by atoms with Gasteiger partial charge in [0.25, 0.3) is 5.91 Å². The van der Waals surface area contributed by atoms with Crippen molar-refractivity contribution in [2.45, 2.75) is 32.1 Å². The average Bonchev–Trinajstić information content (AvgIpc) is 3.11. The summed E-state index contributed by atoms with van der Waals surface area (Å²) >= 11 is 1.62. The molecule has 1 saturated heterocycles. The first kappa shape index (κ1) is 17.5. The smallest absolute Gasteiger partial charge is 0.260 e. The third kappa shape index (κ3) is 3.23. The van der Waals surface area contributed by atoms with E-state index in [4.69, 9.17) is 4.98 Å². The fourth-order valence-electron chi connectivity index (χ4n) is 3.45. The normalized spacial score (nSPS) is 18.8. The number of aromatic nitrogens is 3. The Morgan fingerprint density at radius 1 is 1.23 bits per heavy atom. The van der Waals surface area contributed by atoms with Gasteiger partial charge in [-0.25, -0.2) is 4.98 Å². The lowest BCUT2D eigenvalue weighted by Crippen LogP contribution is -2.44. The van der Waals surface area contributed by atoms with Gasteiger partial charge in [-0.05, 0) is 26.8 Å². The van der Waals surface area contributed by atoms with Gasteiger partial charge < -0.3 is 9.80 Å². The lowest BCUT2D eigenvalue weighted by molar-refractivity contribution is 0.102. The number of hydrogen-bond acceptors (Lipinski definition) is 6. The van der Waals surface area contributed by atoms with Gasteiger partial charge in [0.05, 0.1) is 17.5 Å². The van der Waals surface area contributed by atoms with Crippen LogP contribution in [0.15, 0.2) is 6.20 Å². The van der Waals surface area contributed by atoms with E-state index in [2.05, 4.69) is 27.3 Å². The Morgan fingerprint density at radius 3 is 2.54 bits per heavy atom. The lowest BCUT2D eigenvalue weighted by Gasteiger charge is -2.35. The molecule has 1 aliphatic heterocycles. The Hall–Kier alpha value is -1.93. The van der Waals surface area contributed by atoms with Crippen molar-refractivity contribution >= 4 is 27.4 Å². The maximum absolute atomic E-state index is 12.6. The summed E-state index contributed by atoms with van der Waals surface area (Å²) in [6.45, 7) is 6.08. The molecule has 2 aromatic heterocycles. The van der Waals surface area contributed by atoms with Crippen molar-refractivity contribution in [1.82, 2.24) is 19.7 Å². The highest BCUT2D eigenvalue weighted by Crippen LogP contribution is 2.44. The van der Waals surface area contributed by atoms with Gasteiger partial charge in [-0.15, -0.1) is 0 Å². The van der Waals surface area contributed by atoms with E-state index in [-0.39, 0.29) is 5.91 Å². The standard InChI is InChI=1S/C18H26N6OS/c1-12-14(11-19-23(12)3)16(25)21-18-20-15(13-5-4-6-13)17(26-18)24-9-7-22(2)8-10-24/h11,13H,4-10H2,1-3H3,(H,20,21,25). The number of likely N-dealkylation sites (N-methyl/N-ethyl adjacent to an activating group) is 1. The van der Waals surface area contributed by atoms with Crippen LogP contribution >= 0.6 is 11.3 Å². The average molecular weight is 375 g/mol. The number of carbonyl (C=O) groups is 1. The first-order valence-electron chi connectivity index (χ1n) is 9.27. The van der Waals surface area contributed by atoms with Crippen LogP contribution in [0, 0.1) is 6.92 Å². The molecule has 140 valence electrons. The molecule has 2 fully saturated rings. The lowest BCUT2D eigenvalue weighted by atomic mass is 9.83. The van der Waals surface area contributed by atoms with Crippen LogP contribution in [0.4, 0.5) is 10.1 Å². The molecule has 7 nitrogen and oxygen atoms in total. The van der Waals surface area contributed by atoms with Crippen LogP contribution in [0.3, 0.4) is 0 Å². The van der Waals surface area contributed by atoms with Crippen molar-refractivity contribution in [2.75, 3.05) is 43.4 Å². The molecule has 1 amide bonds. The summed E-state index contributed by atoms with van der Waals surface area (Å²) in [5.41, 5.74) is 2.65. The minimum Gasteiger partial charge on any atom is -0.359 e. The van der Waals surface area contributed by atoms with Crippen LogP contribution in [0.1, 0.15) is 46.9 Å². The van der Waals surface area contributed by atoms with Crippen LogP contribution in [0.25, 0.3) is 0 Å². The Balaban J connectivity index is 1.56. The second-order valence-electron chi connectivity index (χ2n) is 7.35. The number of carbonyl (C=O) groups excluding carboxylic acids is 1. The van der Waals surface area contributed by atoms with Crippen LogP contribution in [-0.2, 0) is 7.05 Å². The van der Waals surface area contributed by atoms with E-state index >= 15 is 0 Å². The summed E-state index contributed by atoms with van der Waals surface area (Å²) < 4.78 is 1.71. The molecule has 0 unspecified atom stereocenters. The first-order valence-corrected chi connectivity index (χ1v) is 10.1. The zero-order valence-electron chi connectivity index (χ0n) is 15.7. The third-order valence-electron chi connectivity index (χ3n) is 5.62. The van der Waals surface area contributed by atoms with Crippen LogP contribution < -0.4 is 10.2 Å². The predicted molar refractivity (Wildman–Crippen MR) is 104 cm³/mol. The molecule has 8 heteroatoms. The number of thiazole rings is 1. The Labute approximate surface area is 158 Å². The Kier molecular flexibility index (Phi) is 4.71. The molecule has 2 aliphatic rings. The number of nitrogens with zero attached hydrogens (tertiary/aromatic N) is 5. The molecule has 0 radical (unpaired) electrons. The SMILES string of the molecule is Cc1c(C(=O)Nc2nc(C3CCC3)c(N3CCN(C)CC3)s2)cnn1C. The number of anilines is 2. The minimum atomic E-state index is -0.130. The molecule has 0 aromatic carbocycles. The fourth-order valence-corrected chi connectivity index (χ4v) is 4.55. The largest absolute Gasteiger partial charge is 0.359 e. The molecule has 4 rings (SSSR count). The first-order chi connectivity index (χ1) is 12.5. The molecular weight excluding hydrogens is 348 g/mol. The van der Waals surface area contributed by atoms with Crippen molar-refractivity contribution in [3.05, 3.63) is 23.1 Å². The maximum atomic E-state index is 12.6. The van der Waals surface area contributed by atoms with E-state index in [0.717, 1.165) is 31.9 Å². The minimum absolute atomic E-state index is 0.130. The number of amides is 1. The maximum Gasteiger partial charge on any atom is 0.260 e. The van der Waals surface area contributed by atoms with Crippen molar-refractivity contribution in [2.24, 2.45) is 7.05 Å². The third-order valence-corrected chi connectivity index (χ3v) is 6.66. The van der Waals surface area contributed by atoms with Gasteiger partial charge in [-0.2, -0.15) is 5.10 Å². The van der Waals surface area contributed by atoms with Gasteiger partial charge in [-0.3, -0.25) is 14.8 Å². The second kappa shape index (κ2) is 7.00. The highest BCUT2D eigenvalue weighted by Gasteiger charge is 2.30. The second-order valence-corrected chi connectivity index (χ2v) is 8.33. The van der Waals surface area contributed by atoms with Gasteiger partial charge in [0.1, 0.15) is 5.00 Å². The zero-order valence-corrected chi connectivity index (χ0v) is 16.5. The fraction of sp³-hybridized carbons (Fsp3) is 0.611. The summed E-state index contributed by atoms with van der Waals surface area (Å²) in [6.07, 6.45) is 5.31. The van der Waals surface area contributed by atoms with Crippen molar-refractivity contribution in [3.8, 4) is 0 Å². The van der Waals surface area contributed by atoms with Crippen molar-refractivity contribution in [3.63, 3.8) is 0 Å². The van der Waals surface area contributed by atoms with Crippen LogP contribution in [0.5, 0.6) is 0 Å². The van der Waals surface area contributed by atoms with Gasteiger partial charge in [0, 0.05) is 44.8 Å². The van der Waals surface area contributed by atoms with E-state index in [1.54, 1.807) is 22.2 Å². The molecule has 1 saturated carbocycles. The Bertz CT molecular complexity index is 801. The number of nitrogens with one attached hydrogen (secondary N) is 1. The Morgan fingerprint density at radius 2 is 1.96 bits per heavy atom. The predicted octanol–water partition coefficient (Wildman–Crippen LogP) is 2.46. The number of hydrogen-bond donors (Lipinski definition) is 1. The van der Waals surface area contributed by atoms with E-state index in [1.807, 2.05) is 14.0 Å². The number of aryl methyl sites for hydroxylation is 1. The van der Waals surface area contributed by atoms with Gasteiger partial charge in [0.2, 0.25) is 0 Å². The summed E-state index contributed by atoms with van der Waals surface area (Å²) in [5, 5.41) is 9.11. The van der Waals surface area contributed by atoms with Crippen LogP contribution in [0.2, 0.25) is 0 Å². The summed E-state index contributed by atoms with van der Waals surface area (Å²) in [6, 6.07) is 0.